The van der Waals surface area contributed by atoms with Crippen molar-refractivity contribution in [2.24, 2.45) is 17.8 Å². The van der Waals surface area contributed by atoms with Gasteiger partial charge in [-0.2, -0.15) is 13.2 Å². The molecule has 7 aliphatic rings. The number of aryl methyl sites for hydroxylation is 1. The summed E-state index contributed by atoms with van der Waals surface area (Å²) in [5.41, 5.74) is -2.35. The molecule has 10 atom stereocenters. The van der Waals surface area contributed by atoms with E-state index in [1.807, 2.05) is 6.92 Å². The lowest BCUT2D eigenvalue weighted by Crippen LogP contribution is -2.65. The van der Waals surface area contributed by atoms with Gasteiger partial charge in [-0.1, -0.05) is 103 Å². The molecule has 4 heterocycles. The first kappa shape index (κ1) is 78.6. The molecule has 4 aliphatic heterocycles. The van der Waals surface area contributed by atoms with E-state index >= 15 is 28.8 Å². The average Bonchev–Trinajstić information content (AvgIpc) is 1.74. The molecule has 556 valence electrons. The Morgan fingerprint density at radius 2 is 1.26 bits per heavy atom. The maximum absolute atomic E-state index is 15.9. The molecule has 0 aromatic heterocycles. The van der Waals surface area contributed by atoms with Crippen molar-refractivity contribution in [2.45, 2.75) is 235 Å². The van der Waals surface area contributed by atoms with Gasteiger partial charge in [0.25, 0.3) is 0 Å². The highest BCUT2D eigenvalue weighted by atomic mass is 35.5. The molecule has 8 rings (SSSR count). The van der Waals surface area contributed by atoms with Crippen molar-refractivity contribution in [3.05, 3.63) is 34.3 Å². The molecule has 3 unspecified atom stereocenters. The van der Waals surface area contributed by atoms with Crippen LogP contribution in [-0.4, -0.2) is 264 Å². The molecule has 4 saturated heterocycles. The fourth-order valence-electron chi connectivity index (χ4n) is 16.3. The van der Waals surface area contributed by atoms with Crippen molar-refractivity contribution in [3.63, 3.8) is 0 Å². The Hall–Kier alpha value is -7.10. The highest BCUT2D eigenvalue weighted by Gasteiger charge is 2.53. The molecule has 12 amide bonds. The summed E-state index contributed by atoms with van der Waals surface area (Å²) in [6.07, 6.45) is 4.93. The maximum Gasteiger partial charge on any atom is 0.417 e. The molecular weight excluding hydrogens is 1320 g/mol. The standard InChI is InChI=1S/C71H106ClF3N12O13/c1-11-43(3)60-67(97)81(6)39-58(90)79(4)40-59(91)83(8)54(36-44-21-16-17-22-44)65(95)80(5)38-56(88)76-51(31-27-45-26-30-49(50(72)35-45)71(73,74)75)64(94)86-34-20-25-53(86)63(93)78-70(32-18-19-33-70)69(99)85(10)61(46-23-14-13-15-24-46)68(98)84(9)55(37-57(89)82(7)52(12-2)62(92)77-60)66(96)87-47-28-29-48(87)42-100-41-47/h26,30,35,43-44,46-48,51-55,60-61H,11-25,27-29,31-34,36-42H2,1-10H3,(H,76,88)(H,77,92)(H,78,93)/t43-,47?,48?,51-,52-,53?,54-,55-,60-,61-/m0/s1. The highest BCUT2D eigenvalue weighted by molar-refractivity contribution is 6.31. The van der Waals surface area contributed by atoms with Crippen molar-refractivity contribution in [3.8, 4) is 0 Å². The predicted molar refractivity (Wildman–Crippen MR) is 364 cm³/mol. The van der Waals surface area contributed by atoms with E-state index in [9.17, 15) is 41.9 Å². The maximum atomic E-state index is 15.9. The molecule has 0 radical (unpaired) electrons. The highest BCUT2D eigenvalue weighted by Crippen LogP contribution is 2.39. The Bertz CT molecular complexity index is 3160. The van der Waals surface area contributed by atoms with Crippen LogP contribution in [0.1, 0.15) is 173 Å². The Balaban J connectivity index is 1.16. The molecule has 3 N–H and O–H groups in total. The van der Waals surface area contributed by atoms with Gasteiger partial charge in [0.15, 0.2) is 0 Å². The van der Waals surface area contributed by atoms with E-state index in [4.69, 9.17) is 16.3 Å². The monoisotopic (exact) mass is 1430 g/mol. The van der Waals surface area contributed by atoms with Crippen LogP contribution in [0.4, 0.5) is 13.2 Å². The molecule has 1 aromatic carbocycles. The Labute approximate surface area is 590 Å². The third-order valence-corrected chi connectivity index (χ3v) is 22.9. The van der Waals surface area contributed by atoms with Gasteiger partial charge in [-0.25, -0.2) is 0 Å². The number of ether oxygens (including phenoxy) is 1. The lowest BCUT2D eigenvalue weighted by molar-refractivity contribution is -0.159. The number of benzene rings is 1. The van der Waals surface area contributed by atoms with Crippen molar-refractivity contribution in [1.29, 1.82) is 0 Å². The zero-order chi connectivity index (χ0) is 73.2. The molecule has 25 nitrogen and oxygen atoms in total. The largest absolute Gasteiger partial charge is 0.417 e. The van der Waals surface area contributed by atoms with E-state index in [0.717, 1.165) is 71.8 Å². The second kappa shape index (κ2) is 34.2. The van der Waals surface area contributed by atoms with Gasteiger partial charge >= 0.3 is 6.18 Å². The molecule has 100 heavy (non-hydrogen) atoms. The number of amides is 12. The van der Waals surface area contributed by atoms with Crippen LogP contribution in [0.2, 0.25) is 5.02 Å². The Morgan fingerprint density at radius 1 is 0.650 bits per heavy atom. The quantitative estimate of drug-likeness (QED) is 0.285. The third-order valence-electron chi connectivity index (χ3n) is 22.6. The van der Waals surface area contributed by atoms with Gasteiger partial charge < -0.3 is 64.8 Å². The van der Waals surface area contributed by atoms with Gasteiger partial charge in [-0.3, -0.25) is 57.5 Å². The zero-order valence-electron chi connectivity index (χ0n) is 60.0. The number of carbonyl (C=O) groups excluding carboxylic acids is 12. The van der Waals surface area contributed by atoms with Gasteiger partial charge in [0.05, 0.1) is 61.9 Å². The minimum absolute atomic E-state index is 0.0287. The number of likely N-dealkylation sites (N-methyl/N-ethyl adjacent to an activating group) is 7. The fraction of sp³-hybridized carbons (Fsp3) is 0.746. The molecule has 7 fully saturated rings. The van der Waals surface area contributed by atoms with Crippen molar-refractivity contribution in [1.82, 2.24) is 60.0 Å². The number of alkyl halides is 3. The number of nitrogens with one attached hydrogen (secondary N) is 3. The fourth-order valence-corrected chi connectivity index (χ4v) is 16.6. The summed E-state index contributed by atoms with van der Waals surface area (Å²) in [7, 11) is 9.94. The van der Waals surface area contributed by atoms with E-state index in [-0.39, 0.29) is 82.7 Å². The average molecular weight is 1430 g/mol. The first-order valence-corrected chi connectivity index (χ1v) is 36.5. The number of fused-ring (bicyclic) bond motifs is 3. The first-order chi connectivity index (χ1) is 47.3. The number of rotatable bonds is 10. The topological polar surface area (TPSA) is 279 Å². The van der Waals surface area contributed by atoms with Crippen LogP contribution in [0, 0.1) is 17.8 Å². The lowest BCUT2D eigenvalue weighted by Gasteiger charge is -2.44. The molecule has 3 saturated carbocycles. The lowest BCUT2D eigenvalue weighted by atomic mass is 9.81. The smallest absolute Gasteiger partial charge is 0.377 e. The molecule has 2 bridgehead atoms. The van der Waals surface area contributed by atoms with E-state index in [1.54, 1.807) is 18.7 Å². The van der Waals surface area contributed by atoms with Gasteiger partial charge in [-0.15, -0.1) is 0 Å². The predicted octanol–water partition coefficient (Wildman–Crippen LogP) is 4.77. The molecule has 1 aromatic rings. The molecule has 1 spiro atoms. The number of carbonyl (C=O) groups is 12. The molecule has 29 heteroatoms. The minimum atomic E-state index is -4.76. The second-order valence-corrected chi connectivity index (χ2v) is 29.8. The Kier molecular flexibility index (Phi) is 26.9. The molecular formula is C71H106ClF3N12O13. The van der Waals surface area contributed by atoms with Crippen molar-refractivity contribution in [2.75, 3.05) is 88.7 Å². The van der Waals surface area contributed by atoms with Crippen LogP contribution >= 0.6 is 11.6 Å². The van der Waals surface area contributed by atoms with Crippen LogP contribution < -0.4 is 16.0 Å². The summed E-state index contributed by atoms with van der Waals surface area (Å²) in [5.74, 6) is -8.66. The number of halogens is 4. The summed E-state index contributed by atoms with van der Waals surface area (Å²) in [5, 5.41) is 8.13. The van der Waals surface area contributed by atoms with E-state index in [0.29, 0.717) is 56.9 Å². The SMILES string of the molecule is CC[C@H](C)[C@@H]1NC(=O)[C@H](CC)N(C)C(=O)C[C@@H](C(=O)N2C3CCC2COC3)N(C)C(=O)[C@H](C2CCCCC2)N(C)C(=O)C2(CCCC2)NC(=O)C2CCCN2C(=O)[C@H](CCc2ccc(C(F)(F)F)c(Cl)c2)NC(=O)CN(C)C(=O)[C@H](CC2CCCC2)N(C)C(=O)CN(C)C(=O)CN(C)C1=O. The normalized spacial score (nSPS) is 28.7. The van der Waals surface area contributed by atoms with Crippen molar-refractivity contribution >= 4 is 82.5 Å². The van der Waals surface area contributed by atoms with Gasteiger partial charge in [0, 0.05) is 55.9 Å². The van der Waals surface area contributed by atoms with Crippen LogP contribution in [0.5, 0.6) is 0 Å². The van der Waals surface area contributed by atoms with E-state index in [2.05, 4.69) is 16.0 Å². The van der Waals surface area contributed by atoms with Crippen LogP contribution in [0.15, 0.2) is 18.2 Å². The summed E-state index contributed by atoms with van der Waals surface area (Å²) in [6.45, 7) is 4.11. The zero-order valence-corrected chi connectivity index (χ0v) is 60.8. The van der Waals surface area contributed by atoms with Crippen molar-refractivity contribution < 1.29 is 75.4 Å². The van der Waals surface area contributed by atoms with Crippen LogP contribution in [-0.2, 0) is 74.9 Å². The van der Waals surface area contributed by atoms with Gasteiger partial charge in [-0.05, 0) is 112 Å². The van der Waals surface area contributed by atoms with Crippen LogP contribution in [0.3, 0.4) is 0 Å². The number of morpholine rings is 1. The third kappa shape index (κ3) is 18.2. The Morgan fingerprint density at radius 3 is 1.87 bits per heavy atom. The van der Waals surface area contributed by atoms with Gasteiger partial charge in [0.1, 0.15) is 47.8 Å². The van der Waals surface area contributed by atoms with Crippen LogP contribution in [0.25, 0.3) is 0 Å². The minimum Gasteiger partial charge on any atom is -0.377 e. The first-order valence-electron chi connectivity index (χ1n) is 36.1. The summed E-state index contributed by atoms with van der Waals surface area (Å²) < 4.78 is 47.5. The molecule has 3 aliphatic carbocycles. The summed E-state index contributed by atoms with van der Waals surface area (Å²) in [4.78, 5) is 191. The van der Waals surface area contributed by atoms with Gasteiger partial charge in [0.2, 0.25) is 70.9 Å². The summed E-state index contributed by atoms with van der Waals surface area (Å²) in [6, 6.07) is -6.28. The second-order valence-electron chi connectivity index (χ2n) is 29.4. The summed E-state index contributed by atoms with van der Waals surface area (Å²) >= 11 is 6.16. The number of hydrogen-bond acceptors (Lipinski definition) is 13. The number of hydrogen-bond donors (Lipinski definition) is 3. The van der Waals surface area contributed by atoms with E-state index < -0.39 is 173 Å². The number of nitrogens with zero attached hydrogens (tertiary/aromatic N) is 9. The van der Waals surface area contributed by atoms with E-state index in [1.165, 1.54) is 79.9 Å².